The lowest BCUT2D eigenvalue weighted by Crippen LogP contribution is -2.40. The first-order chi connectivity index (χ1) is 10.8. The predicted molar refractivity (Wildman–Crippen MR) is 99.0 cm³/mol. The van der Waals surface area contributed by atoms with Gasteiger partial charge in [-0.25, -0.2) is 4.79 Å². The molecular weight excluding hydrogens is 376 g/mol. The van der Waals surface area contributed by atoms with Crippen molar-refractivity contribution < 1.29 is 9.53 Å². The number of carbonyl (C=O) groups is 1. The Bertz CT molecular complexity index is 520. The quantitative estimate of drug-likeness (QED) is 0.725. The minimum absolute atomic E-state index is 0.169. The molecule has 1 aliphatic heterocycles. The van der Waals surface area contributed by atoms with Crippen LogP contribution < -0.4 is 5.32 Å². The molecule has 1 atom stereocenters. The van der Waals surface area contributed by atoms with E-state index in [4.69, 9.17) is 4.74 Å². The number of amides is 1. The van der Waals surface area contributed by atoms with Gasteiger partial charge < -0.3 is 15.0 Å². The van der Waals surface area contributed by atoms with E-state index in [9.17, 15) is 4.79 Å². The highest BCUT2D eigenvalue weighted by molar-refractivity contribution is 9.10. The maximum Gasteiger partial charge on any atom is 0.410 e. The number of hydrogen-bond acceptors (Lipinski definition) is 4. The van der Waals surface area contributed by atoms with Crippen molar-refractivity contribution in [2.75, 3.05) is 13.1 Å². The van der Waals surface area contributed by atoms with Gasteiger partial charge in [-0.2, -0.15) is 0 Å². The first-order valence-electron chi connectivity index (χ1n) is 8.21. The highest BCUT2D eigenvalue weighted by Crippen LogP contribution is 2.26. The normalized spacial score (nSPS) is 18.5. The Morgan fingerprint density at radius 3 is 2.87 bits per heavy atom. The maximum absolute atomic E-state index is 12.2. The van der Waals surface area contributed by atoms with Crippen LogP contribution in [0.2, 0.25) is 0 Å². The number of ether oxygens (including phenoxy) is 1. The third-order valence-electron chi connectivity index (χ3n) is 3.87. The topological polar surface area (TPSA) is 41.6 Å². The zero-order chi connectivity index (χ0) is 17.0. The number of nitrogens with one attached hydrogen (secondary N) is 1. The lowest BCUT2D eigenvalue weighted by Gasteiger charge is -2.28. The number of aryl methyl sites for hydroxylation is 1. The van der Waals surface area contributed by atoms with Gasteiger partial charge in [0.1, 0.15) is 5.60 Å². The molecule has 0 bridgehead atoms. The van der Waals surface area contributed by atoms with Gasteiger partial charge in [-0.3, -0.25) is 0 Å². The van der Waals surface area contributed by atoms with Gasteiger partial charge in [0.05, 0.1) is 0 Å². The molecule has 0 aliphatic carbocycles. The number of hydrogen-bond donors (Lipinski definition) is 1. The Hall–Kier alpha value is -0.590. The number of likely N-dealkylation sites (tertiary alicyclic amines) is 1. The van der Waals surface area contributed by atoms with E-state index in [1.807, 2.05) is 37.0 Å². The summed E-state index contributed by atoms with van der Waals surface area (Å²) >= 11 is 5.37. The van der Waals surface area contributed by atoms with E-state index in [0.717, 1.165) is 38.9 Å². The van der Waals surface area contributed by atoms with Gasteiger partial charge in [0.2, 0.25) is 0 Å². The Morgan fingerprint density at radius 2 is 2.26 bits per heavy atom. The van der Waals surface area contributed by atoms with Crippen molar-refractivity contribution in [3.05, 3.63) is 20.3 Å². The average molecular weight is 403 g/mol. The van der Waals surface area contributed by atoms with E-state index < -0.39 is 5.60 Å². The highest BCUT2D eigenvalue weighted by atomic mass is 79.9. The molecule has 1 N–H and O–H groups in total. The van der Waals surface area contributed by atoms with Crippen molar-refractivity contribution in [1.82, 2.24) is 10.2 Å². The van der Waals surface area contributed by atoms with Crippen molar-refractivity contribution in [2.24, 2.45) is 0 Å². The van der Waals surface area contributed by atoms with Gasteiger partial charge in [-0.05, 0) is 75.5 Å². The summed E-state index contributed by atoms with van der Waals surface area (Å²) in [6.45, 7) is 10.5. The van der Waals surface area contributed by atoms with Gasteiger partial charge in [0.15, 0.2) is 0 Å². The SMILES string of the molecule is Cc1sc(CNCCC2CCCN2C(=O)OC(C)(C)C)cc1Br. The fourth-order valence-electron chi connectivity index (χ4n) is 2.78. The van der Waals surface area contributed by atoms with Gasteiger partial charge in [0.25, 0.3) is 0 Å². The zero-order valence-corrected chi connectivity index (χ0v) is 16.8. The summed E-state index contributed by atoms with van der Waals surface area (Å²) < 4.78 is 6.69. The van der Waals surface area contributed by atoms with E-state index in [1.165, 1.54) is 14.2 Å². The summed E-state index contributed by atoms with van der Waals surface area (Å²) in [7, 11) is 0. The molecule has 4 nitrogen and oxygen atoms in total. The van der Waals surface area contributed by atoms with Crippen LogP contribution in [-0.4, -0.2) is 35.7 Å². The van der Waals surface area contributed by atoms with E-state index in [1.54, 1.807) is 0 Å². The molecule has 0 radical (unpaired) electrons. The molecule has 1 saturated heterocycles. The molecule has 1 fully saturated rings. The van der Waals surface area contributed by atoms with Crippen LogP contribution in [0.4, 0.5) is 4.79 Å². The average Bonchev–Trinajstić information content (AvgIpc) is 3.00. The number of nitrogens with zero attached hydrogens (tertiary/aromatic N) is 1. The lowest BCUT2D eigenvalue weighted by molar-refractivity contribution is 0.0221. The molecule has 1 aromatic rings. The molecule has 1 aromatic heterocycles. The van der Waals surface area contributed by atoms with Crippen LogP contribution >= 0.6 is 27.3 Å². The molecule has 2 heterocycles. The summed E-state index contributed by atoms with van der Waals surface area (Å²) in [5.41, 5.74) is -0.424. The van der Waals surface area contributed by atoms with Crippen LogP contribution in [0.1, 0.15) is 49.8 Å². The van der Waals surface area contributed by atoms with Gasteiger partial charge in [-0.15, -0.1) is 11.3 Å². The molecular formula is C17H27BrN2O2S. The molecule has 0 saturated carbocycles. The Balaban J connectivity index is 1.75. The second kappa shape index (κ2) is 7.99. The van der Waals surface area contributed by atoms with Crippen LogP contribution in [-0.2, 0) is 11.3 Å². The van der Waals surface area contributed by atoms with Crippen molar-refractivity contribution in [1.29, 1.82) is 0 Å². The van der Waals surface area contributed by atoms with Crippen molar-refractivity contribution in [3.8, 4) is 0 Å². The first-order valence-corrected chi connectivity index (χ1v) is 9.82. The van der Waals surface area contributed by atoms with Crippen LogP contribution in [0.5, 0.6) is 0 Å². The number of rotatable bonds is 5. The number of halogens is 1. The third kappa shape index (κ3) is 5.76. The van der Waals surface area contributed by atoms with Crippen molar-refractivity contribution >= 4 is 33.4 Å². The second-order valence-corrected chi connectivity index (χ2v) is 9.25. The van der Waals surface area contributed by atoms with Crippen LogP contribution in [0.3, 0.4) is 0 Å². The fraction of sp³-hybridized carbons (Fsp3) is 0.706. The third-order valence-corrected chi connectivity index (χ3v) is 6.00. The summed E-state index contributed by atoms with van der Waals surface area (Å²) in [5, 5.41) is 3.49. The summed E-state index contributed by atoms with van der Waals surface area (Å²) in [6.07, 6.45) is 2.95. The monoisotopic (exact) mass is 402 g/mol. The Kier molecular flexibility index (Phi) is 6.51. The largest absolute Gasteiger partial charge is 0.444 e. The van der Waals surface area contributed by atoms with E-state index in [0.29, 0.717) is 6.04 Å². The van der Waals surface area contributed by atoms with Crippen LogP contribution in [0.25, 0.3) is 0 Å². The molecule has 130 valence electrons. The Morgan fingerprint density at radius 1 is 1.52 bits per heavy atom. The molecule has 0 aromatic carbocycles. The fourth-order valence-corrected chi connectivity index (χ4v) is 4.35. The van der Waals surface area contributed by atoms with E-state index >= 15 is 0 Å². The molecule has 0 spiro atoms. The molecule has 6 heteroatoms. The van der Waals surface area contributed by atoms with E-state index in [-0.39, 0.29) is 6.09 Å². The van der Waals surface area contributed by atoms with Gasteiger partial charge in [-0.1, -0.05) is 0 Å². The smallest absolute Gasteiger partial charge is 0.410 e. The standard InChI is InChI=1S/C17H27BrN2O2S/c1-12-15(18)10-14(23-12)11-19-8-7-13-6-5-9-20(13)16(21)22-17(2,3)4/h10,13,19H,5-9,11H2,1-4H3. The summed E-state index contributed by atoms with van der Waals surface area (Å²) in [6, 6.07) is 2.48. The molecule has 2 rings (SSSR count). The van der Waals surface area contributed by atoms with Crippen molar-refractivity contribution in [3.63, 3.8) is 0 Å². The second-order valence-electron chi connectivity index (χ2n) is 7.05. The summed E-state index contributed by atoms with van der Waals surface area (Å²) in [4.78, 5) is 16.8. The van der Waals surface area contributed by atoms with Crippen LogP contribution in [0, 0.1) is 6.92 Å². The molecule has 1 aliphatic rings. The van der Waals surface area contributed by atoms with Gasteiger partial charge in [0, 0.05) is 33.4 Å². The molecule has 1 amide bonds. The molecule has 23 heavy (non-hydrogen) atoms. The molecule has 1 unspecified atom stereocenters. The van der Waals surface area contributed by atoms with Crippen molar-refractivity contribution in [2.45, 2.75) is 65.1 Å². The lowest BCUT2D eigenvalue weighted by atomic mass is 10.1. The predicted octanol–water partition coefficient (Wildman–Crippen LogP) is 4.70. The number of carbonyl (C=O) groups excluding carboxylic acids is 1. The maximum atomic E-state index is 12.2. The van der Waals surface area contributed by atoms with Gasteiger partial charge >= 0.3 is 6.09 Å². The first kappa shape index (κ1) is 18.7. The zero-order valence-electron chi connectivity index (χ0n) is 14.4. The number of thiophene rings is 1. The van der Waals surface area contributed by atoms with E-state index in [2.05, 4.69) is 34.2 Å². The minimum atomic E-state index is -0.424. The minimum Gasteiger partial charge on any atom is -0.444 e. The van der Waals surface area contributed by atoms with Crippen LogP contribution in [0.15, 0.2) is 10.5 Å². The highest BCUT2D eigenvalue weighted by Gasteiger charge is 2.31. The Labute approximate surface area is 151 Å². The summed E-state index contributed by atoms with van der Waals surface area (Å²) in [5.74, 6) is 0.